The highest BCUT2D eigenvalue weighted by atomic mass is 32.2. The molecule has 18 heavy (non-hydrogen) atoms. The molecule has 0 aromatic heterocycles. The molecule has 0 amide bonds. The molecule has 0 saturated carbocycles. The lowest BCUT2D eigenvalue weighted by molar-refractivity contribution is 0.322. The van der Waals surface area contributed by atoms with Gasteiger partial charge in [-0.3, -0.25) is 0 Å². The van der Waals surface area contributed by atoms with E-state index in [2.05, 4.69) is 29.4 Å². The zero-order valence-corrected chi connectivity index (χ0v) is 10.4. The molecular formula is C15H11NOS. The highest BCUT2D eigenvalue weighted by Gasteiger charge is 2.09. The van der Waals surface area contributed by atoms with Crippen molar-refractivity contribution in [2.75, 3.05) is 0 Å². The molecule has 88 valence electrons. The van der Waals surface area contributed by atoms with Crippen LogP contribution in [0.5, 0.6) is 0 Å². The summed E-state index contributed by atoms with van der Waals surface area (Å²) in [6.45, 7) is 0. The van der Waals surface area contributed by atoms with Crippen molar-refractivity contribution >= 4 is 30.1 Å². The lowest BCUT2D eigenvalue weighted by Gasteiger charge is -2.06. The molecule has 1 aliphatic rings. The molecule has 3 rings (SSSR count). The van der Waals surface area contributed by atoms with Crippen LogP contribution in [0.2, 0.25) is 0 Å². The molecule has 0 unspecified atom stereocenters. The highest BCUT2D eigenvalue weighted by Crippen LogP contribution is 2.37. The van der Waals surface area contributed by atoms with E-state index in [1.54, 1.807) is 11.8 Å². The molecule has 2 aromatic rings. The van der Waals surface area contributed by atoms with Crippen molar-refractivity contribution in [2.45, 2.75) is 9.79 Å². The SMILES string of the molecule is ON=Cc1ccc2c(c1)Sc1ccccc1C=C2. The van der Waals surface area contributed by atoms with E-state index in [0.29, 0.717) is 0 Å². The van der Waals surface area contributed by atoms with Gasteiger partial charge in [0.25, 0.3) is 0 Å². The molecule has 1 heterocycles. The van der Waals surface area contributed by atoms with Crippen LogP contribution in [0.3, 0.4) is 0 Å². The Hall–Kier alpha value is -2.00. The van der Waals surface area contributed by atoms with E-state index < -0.39 is 0 Å². The Morgan fingerprint density at radius 2 is 1.72 bits per heavy atom. The Morgan fingerprint density at radius 1 is 0.944 bits per heavy atom. The van der Waals surface area contributed by atoms with Crippen molar-refractivity contribution in [2.24, 2.45) is 5.16 Å². The fraction of sp³-hybridized carbons (Fsp3) is 0. The predicted octanol–water partition coefficient (Wildman–Crippen LogP) is 4.13. The number of oxime groups is 1. The van der Waals surface area contributed by atoms with Gasteiger partial charge in [-0.25, -0.2) is 0 Å². The Kier molecular flexibility index (Phi) is 2.90. The Bertz CT molecular complexity index is 647. The summed E-state index contributed by atoms with van der Waals surface area (Å²) in [4.78, 5) is 2.42. The molecule has 0 spiro atoms. The monoisotopic (exact) mass is 253 g/mol. The average molecular weight is 253 g/mol. The van der Waals surface area contributed by atoms with E-state index in [1.165, 1.54) is 27.1 Å². The standard InChI is InChI=1S/C15H11NOS/c17-16-10-11-5-6-13-8-7-12-3-1-2-4-14(12)18-15(13)9-11/h1-10,17H. The number of rotatable bonds is 1. The molecule has 0 atom stereocenters. The van der Waals surface area contributed by atoms with E-state index in [-0.39, 0.29) is 0 Å². The Morgan fingerprint density at radius 3 is 2.56 bits per heavy atom. The van der Waals surface area contributed by atoms with E-state index in [1.807, 2.05) is 30.3 Å². The quantitative estimate of drug-likeness (QED) is 0.402. The zero-order chi connectivity index (χ0) is 12.4. The molecular weight excluding hydrogens is 242 g/mol. The first-order valence-electron chi connectivity index (χ1n) is 5.63. The highest BCUT2D eigenvalue weighted by molar-refractivity contribution is 7.99. The second-order valence-corrected chi connectivity index (χ2v) is 5.10. The van der Waals surface area contributed by atoms with Crippen LogP contribution >= 0.6 is 11.8 Å². The molecule has 1 aliphatic heterocycles. The second kappa shape index (κ2) is 4.70. The number of fused-ring (bicyclic) bond motifs is 2. The third kappa shape index (κ3) is 2.05. The van der Waals surface area contributed by atoms with Gasteiger partial charge in [-0.15, -0.1) is 0 Å². The van der Waals surface area contributed by atoms with Gasteiger partial charge in [0, 0.05) is 9.79 Å². The van der Waals surface area contributed by atoms with Gasteiger partial charge in [0.05, 0.1) is 6.21 Å². The molecule has 0 bridgehead atoms. The summed E-state index contributed by atoms with van der Waals surface area (Å²) < 4.78 is 0. The summed E-state index contributed by atoms with van der Waals surface area (Å²) in [5.41, 5.74) is 3.32. The van der Waals surface area contributed by atoms with Gasteiger partial charge in [0.1, 0.15) is 0 Å². The lowest BCUT2D eigenvalue weighted by atomic mass is 10.1. The number of hydrogen-bond donors (Lipinski definition) is 1. The van der Waals surface area contributed by atoms with E-state index in [4.69, 9.17) is 5.21 Å². The van der Waals surface area contributed by atoms with E-state index in [9.17, 15) is 0 Å². The van der Waals surface area contributed by atoms with Crippen LogP contribution in [-0.2, 0) is 0 Å². The Balaban J connectivity index is 2.10. The van der Waals surface area contributed by atoms with Crippen molar-refractivity contribution in [1.29, 1.82) is 0 Å². The van der Waals surface area contributed by atoms with Gasteiger partial charge in [-0.2, -0.15) is 0 Å². The van der Waals surface area contributed by atoms with Crippen molar-refractivity contribution in [3.8, 4) is 0 Å². The molecule has 0 fully saturated rings. The van der Waals surface area contributed by atoms with Crippen molar-refractivity contribution < 1.29 is 5.21 Å². The molecule has 0 aliphatic carbocycles. The Labute approximate surface area is 110 Å². The van der Waals surface area contributed by atoms with Crippen LogP contribution in [0, 0.1) is 0 Å². The molecule has 3 heteroatoms. The minimum Gasteiger partial charge on any atom is -0.411 e. The van der Waals surface area contributed by atoms with E-state index >= 15 is 0 Å². The predicted molar refractivity (Wildman–Crippen MR) is 75.3 cm³/mol. The zero-order valence-electron chi connectivity index (χ0n) is 9.58. The van der Waals surface area contributed by atoms with E-state index in [0.717, 1.165) is 5.56 Å². The van der Waals surface area contributed by atoms with Gasteiger partial charge < -0.3 is 5.21 Å². The first kappa shape index (κ1) is 11.1. The second-order valence-electron chi connectivity index (χ2n) is 4.02. The van der Waals surface area contributed by atoms with Crippen LogP contribution < -0.4 is 0 Å². The van der Waals surface area contributed by atoms with Crippen LogP contribution in [0.4, 0.5) is 0 Å². The maximum absolute atomic E-state index is 8.59. The maximum atomic E-state index is 8.59. The fourth-order valence-corrected chi connectivity index (χ4v) is 3.02. The van der Waals surface area contributed by atoms with Crippen molar-refractivity contribution in [3.05, 3.63) is 59.2 Å². The molecule has 2 nitrogen and oxygen atoms in total. The first-order valence-corrected chi connectivity index (χ1v) is 6.45. The van der Waals surface area contributed by atoms with Gasteiger partial charge in [0.15, 0.2) is 0 Å². The minimum atomic E-state index is 0.900. The third-order valence-electron chi connectivity index (χ3n) is 2.83. The number of hydrogen-bond acceptors (Lipinski definition) is 3. The molecule has 1 N–H and O–H groups in total. The number of benzene rings is 2. The normalized spacial score (nSPS) is 13.1. The van der Waals surface area contributed by atoms with Gasteiger partial charge in [0.2, 0.25) is 0 Å². The van der Waals surface area contributed by atoms with Crippen LogP contribution in [0.1, 0.15) is 16.7 Å². The molecule has 0 saturated heterocycles. The molecule has 0 radical (unpaired) electrons. The summed E-state index contributed by atoms with van der Waals surface area (Å²) in [6.07, 6.45) is 5.70. The van der Waals surface area contributed by atoms with Gasteiger partial charge >= 0.3 is 0 Å². The van der Waals surface area contributed by atoms with Crippen LogP contribution in [0.15, 0.2) is 57.4 Å². The molecule has 2 aromatic carbocycles. The average Bonchev–Trinajstić information content (AvgIpc) is 2.57. The first-order chi connectivity index (χ1) is 8.86. The maximum Gasteiger partial charge on any atom is 0.0734 e. The lowest BCUT2D eigenvalue weighted by Crippen LogP contribution is -1.85. The fourth-order valence-electron chi connectivity index (χ4n) is 1.93. The summed E-state index contributed by atoms with van der Waals surface area (Å²) in [7, 11) is 0. The number of nitrogens with zero attached hydrogens (tertiary/aromatic N) is 1. The minimum absolute atomic E-state index is 0.900. The third-order valence-corrected chi connectivity index (χ3v) is 3.99. The van der Waals surface area contributed by atoms with Crippen LogP contribution in [-0.4, -0.2) is 11.4 Å². The summed E-state index contributed by atoms with van der Waals surface area (Å²) in [6, 6.07) is 14.3. The van der Waals surface area contributed by atoms with Crippen LogP contribution in [0.25, 0.3) is 12.2 Å². The largest absolute Gasteiger partial charge is 0.411 e. The summed E-state index contributed by atoms with van der Waals surface area (Å²) in [5.74, 6) is 0. The smallest absolute Gasteiger partial charge is 0.0734 e. The summed E-state index contributed by atoms with van der Waals surface area (Å²) >= 11 is 1.74. The topological polar surface area (TPSA) is 32.6 Å². The van der Waals surface area contributed by atoms with Crippen molar-refractivity contribution in [1.82, 2.24) is 0 Å². The van der Waals surface area contributed by atoms with Crippen molar-refractivity contribution in [3.63, 3.8) is 0 Å². The van der Waals surface area contributed by atoms with Gasteiger partial charge in [-0.05, 0) is 28.8 Å². The van der Waals surface area contributed by atoms with Gasteiger partial charge in [-0.1, -0.05) is 59.4 Å². The summed E-state index contributed by atoms with van der Waals surface area (Å²) in [5, 5.41) is 11.7.